The molecule has 0 atom stereocenters. The van der Waals surface area contributed by atoms with E-state index in [0.717, 1.165) is 56.5 Å². The summed E-state index contributed by atoms with van der Waals surface area (Å²) in [6, 6.07) is 14.7. The van der Waals surface area contributed by atoms with Gasteiger partial charge in [-0.25, -0.2) is 0 Å². The van der Waals surface area contributed by atoms with Crippen molar-refractivity contribution in [2.75, 3.05) is 45.4 Å². The Balaban J connectivity index is 1.53. The quantitative estimate of drug-likeness (QED) is 0.838. The van der Waals surface area contributed by atoms with E-state index in [1.165, 1.54) is 11.3 Å². The average Bonchev–Trinajstić information content (AvgIpc) is 2.69. The molecule has 5 heteroatoms. The van der Waals surface area contributed by atoms with Gasteiger partial charge in [-0.1, -0.05) is 12.1 Å². The van der Waals surface area contributed by atoms with Gasteiger partial charge in [0.25, 0.3) is 0 Å². The lowest BCUT2D eigenvalue weighted by Gasteiger charge is -2.28. The first-order chi connectivity index (χ1) is 12.3. The molecule has 0 spiro atoms. The molecule has 0 aromatic heterocycles. The summed E-state index contributed by atoms with van der Waals surface area (Å²) < 4.78 is 16.0. The van der Waals surface area contributed by atoms with Crippen molar-refractivity contribution in [2.24, 2.45) is 0 Å². The second-order valence-electron chi connectivity index (χ2n) is 6.09. The van der Waals surface area contributed by atoms with E-state index in [-0.39, 0.29) is 0 Å². The highest BCUT2D eigenvalue weighted by Gasteiger charge is 2.10. The molecular formula is C20H26N2O3. The van der Waals surface area contributed by atoms with Crippen molar-refractivity contribution in [2.45, 2.75) is 13.1 Å². The third kappa shape index (κ3) is 4.87. The first-order valence-electron chi connectivity index (χ1n) is 8.63. The maximum Gasteiger partial charge on any atom is 0.122 e. The van der Waals surface area contributed by atoms with Crippen LogP contribution in [0, 0.1) is 0 Å². The van der Waals surface area contributed by atoms with Crippen LogP contribution >= 0.6 is 0 Å². The first-order valence-corrected chi connectivity index (χ1v) is 8.63. The van der Waals surface area contributed by atoms with Crippen LogP contribution in [0.1, 0.15) is 11.1 Å². The lowest BCUT2D eigenvalue weighted by molar-refractivity contribution is 0.122. The third-order valence-electron chi connectivity index (χ3n) is 4.38. The van der Waals surface area contributed by atoms with Crippen LogP contribution in [0.25, 0.3) is 0 Å². The number of hydrogen-bond acceptors (Lipinski definition) is 5. The molecule has 2 aromatic carbocycles. The number of nitrogens with zero attached hydrogens (tertiary/aromatic N) is 1. The summed E-state index contributed by atoms with van der Waals surface area (Å²) in [5, 5.41) is 3.47. The van der Waals surface area contributed by atoms with E-state index in [0.29, 0.717) is 0 Å². The number of hydrogen-bond donors (Lipinski definition) is 1. The molecule has 1 N–H and O–H groups in total. The normalized spacial score (nSPS) is 14.4. The summed E-state index contributed by atoms with van der Waals surface area (Å²) in [4.78, 5) is 2.36. The Hall–Kier alpha value is -2.24. The Morgan fingerprint density at radius 1 is 0.880 bits per heavy atom. The fourth-order valence-corrected chi connectivity index (χ4v) is 2.97. The van der Waals surface area contributed by atoms with Crippen molar-refractivity contribution in [3.05, 3.63) is 53.6 Å². The zero-order valence-corrected chi connectivity index (χ0v) is 15.0. The molecule has 134 valence electrons. The van der Waals surface area contributed by atoms with Crippen molar-refractivity contribution in [3.63, 3.8) is 0 Å². The van der Waals surface area contributed by atoms with Gasteiger partial charge in [0, 0.05) is 37.9 Å². The third-order valence-corrected chi connectivity index (χ3v) is 4.38. The molecule has 1 saturated heterocycles. The molecular weight excluding hydrogens is 316 g/mol. The van der Waals surface area contributed by atoms with Crippen molar-refractivity contribution in [3.8, 4) is 11.5 Å². The van der Waals surface area contributed by atoms with E-state index in [2.05, 4.69) is 34.5 Å². The first kappa shape index (κ1) is 17.6. The highest BCUT2D eigenvalue weighted by atomic mass is 16.5. The Labute approximate surface area is 149 Å². The van der Waals surface area contributed by atoms with E-state index in [4.69, 9.17) is 14.2 Å². The molecule has 0 saturated carbocycles. The van der Waals surface area contributed by atoms with E-state index < -0.39 is 0 Å². The maximum absolute atomic E-state index is 5.40. The van der Waals surface area contributed by atoms with Crippen molar-refractivity contribution < 1.29 is 14.2 Å². The van der Waals surface area contributed by atoms with Crippen LogP contribution in [0.3, 0.4) is 0 Å². The highest BCUT2D eigenvalue weighted by molar-refractivity contribution is 5.48. The molecule has 25 heavy (non-hydrogen) atoms. The number of methoxy groups -OCH3 is 2. The second kappa shape index (κ2) is 8.74. The Morgan fingerprint density at radius 3 is 2.08 bits per heavy atom. The van der Waals surface area contributed by atoms with Gasteiger partial charge < -0.3 is 24.4 Å². The van der Waals surface area contributed by atoms with Crippen LogP contribution < -0.4 is 19.7 Å². The van der Waals surface area contributed by atoms with Crippen molar-refractivity contribution in [1.29, 1.82) is 0 Å². The zero-order valence-electron chi connectivity index (χ0n) is 15.0. The summed E-state index contributed by atoms with van der Waals surface area (Å²) in [7, 11) is 3.34. The molecule has 0 unspecified atom stereocenters. The molecule has 1 aliphatic rings. The summed E-state index contributed by atoms with van der Waals surface area (Å²) in [6.45, 7) is 5.15. The topological polar surface area (TPSA) is 43.0 Å². The number of anilines is 1. The summed E-state index contributed by atoms with van der Waals surface area (Å²) in [6.07, 6.45) is 0. The van der Waals surface area contributed by atoms with E-state index in [1.807, 2.05) is 18.2 Å². The maximum atomic E-state index is 5.40. The molecule has 1 heterocycles. The molecule has 5 nitrogen and oxygen atoms in total. The minimum absolute atomic E-state index is 0.763. The molecule has 0 amide bonds. The van der Waals surface area contributed by atoms with Gasteiger partial charge in [0.2, 0.25) is 0 Å². The fraction of sp³-hybridized carbons (Fsp3) is 0.400. The Kier molecular flexibility index (Phi) is 6.14. The summed E-state index contributed by atoms with van der Waals surface area (Å²) in [5.41, 5.74) is 3.68. The van der Waals surface area contributed by atoms with Gasteiger partial charge in [0.15, 0.2) is 0 Å². The van der Waals surface area contributed by atoms with Gasteiger partial charge in [0.1, 0.15) is 11.5 Å². The fourth-order valence-electron chi connectivity index (χ4n) is 2.97. The highest BCUT2D eigenvalue weighted by Crippen LogP contribution is 2.22. The minimum atomic E-state index is 0.763. The van der Waals surface area contributed by atoms with Crippen LogP contribution in [0.4, 0.5) is 5.69 Å². The Bertz CT molecular complexity index is 645. The predicted molar refractivity (Wildman–Crippen MR) is 99.6 cm³/mol. The molecule has 1 aliphatic heterocycles. The SMILES string of the molecule is COc1cc(CNCc2ccc(N3CCOCC3)cc2)cc(OC)c1. The molecule has 3 rings (SSSR count). The number of ether oxygens (including phenoxy) is 3. The molecule has 0 bridgehead atoms. The standard InChI is InChI=1S/C20H26N2O3/c1-23-19-11-17(12-20(13-19)24-2)15-21-14-16-3-5-18(6-4-16)22-7-9-25-10-8-22/h3-6,11-13,21H,7-10,14-15H2,1-2H3. The van der Waals surface area contributed by atoms with Crippen LogP contribution in [0.15, 0.2) is 42.5 Å². The Morgan fingerprint density at radius 2 is 1.48 bits per heavy atom. The largest absolute Gasteiger partial charge is 0.497 e. The van der Waals surface area contributed by atoms with Gasteiger partial charge in [-0.15, -0.1) is 0 Å². The number of morpholine rings is 1. The van der Waals surface area contributed by atoms with Crippen molar-refractivity contribution >= 4 is 5.69 Å². The molecule has 2 aromatic rings. The average molecular weight is 342 g/mol. The van der Waals surface area contributed by atoms with Crippen molar-refractivity contribution in [1.82, 2.24) is 5.32 Å². The van der Waals surface area contributed by atoms with E-state index >= 15 is 0 Å². The predicted octanol–water partition coefficient (Wildman–Crippen LogP) is 2.83. The van der Waals surface area contributed by atoms with Crippen LogP contribution in [-0.2, 0) is 17.8 Å². The van der Waals surface area contributed by atoms with Gasteiger partial charge in [0.05, 0.1) is 27.4 Å². The smallest absolute Gasteiger partial charge is 0.122 e. The van der Waals surface area contributed by atoms with Gasteiger partial charge in [-0.2, -0.15) is 0 Å². The molecule has 1 fully saturated rings. The van der Waals surface area contributed by atoms with Gasteiger partial charge in [-0.3, -0.25) is 0 Å². The molecule has 0 aliphatic carbocycles. The number of nitrogens with one attached hydrogen (secondary N) is 1. The summed E-state index contributed by atoms with van der Waals surface area (Å²) in [5.74, 6) is 1.62. The van der Waals surface area contributed by atoms with E-state index in [9.17, 15) is 0 Å². The zero-order chi connectivity index (χ0) is 17.5. The summed E-state index contributed by atoms with van der Waals surface area (Å²) >= 11 is 0. The van der Waals surface area contributed by atoms with E-state index in [1.54, 1.807) is 14.2 Å². The van der Waals surface area contributed by atoms with Crippen LogP contribution in [0.2, 0.25) is 0 Å². The second-order valence-corrected chi connectivity index (χ2v) is 6.09. The minimum Gasteiger partial charge on any atom is -0.497 e. The molecule has 0 radical (unpaired) electrons. The monoisotopic (exact) mass is 342 g/mol. The van der Waals surface area contributed by atoms with Crippen LogP contribution in [-0.4, -0.2) is 40.5 Å². The van der Waals surface area contributed by atoms with Crippen LogP contribution in [0.5, 0.6) is 11.5 Å². The number of benzene rings is 2. The lowest BCUT2D eigenvalue weighted by Crippen LogP contribution is -2.36. The van der Waals surface area contributed by atoms with Gasteiger partial charge >= 0.3 is 0 Å². The number of rotatable bonds is 7. The van der Waals surface area contributed by atoms with Gasteiger partial charge in [-0.05, 0) is 35.4 Å². The lowest BCUT2D eigenvalue weighted by atomic mass is 10.1.